The van der Waals surface area contributed by atoms with Crippen molar-refractivity contribution in [2.24, 2.45) is 0 Å². The van der Waals surface area contributed by atoms with E-state index < -0.39 is 11.6 Å². The Labute approximate surface area is 58.4 Å². The fraction of sp³-hybridized carbons (Fsp3) is 0.800. The molecule has 0 aromatic heterocycles. The Kier molecular flexibility index (Phi) is 3.27. The Morgan fingerprint density at radius 3 is 2.30 bits per heavy atom. The number of carbonyl (C=O) groups excluding carboxylic acids is 1. The molecule has 0 fully saturated rings. The van der Waals surface area contributed by atoms with Crippen molar-refractivity contribution in [1.82, 2.24) is 0 Å². The number of methoxy groups -OCH3 is 1. The first-order valence-electron chi connectivity index (χ1n) is 2.62. The first-order chi connectivity index (χ1) is 4.54. The molecule has 0 aromatic rings. The smallest absolute Gasteiger partial charge is 0.341 e. The Hall–Kier alpha value is -0.650. The van der Waals surface area contributed by atoms with Gasteiger partial charge in [0.2, 0.25) is 0 Å². The van der Waals surface area contributed by atoms with Crippen LogP contribution in [0.5, 0.6) is 0 Å². The third-order valence-corrected chi connectivity index (χ3v) is 0.923. The maximum absolute atomic E-state index is 10.7. The highest BCUT2D eigenvalue weighted by Gasteiger charge is 2.31. The van der Waals surface area contributed by atoms with Crippen molar-refractivity contribution in [3.8, 4) is 0 Å². The van der Waals surface area contributed by atoms with Crippen LogP contribution in [0.1, 0.15) is 13.8 Å². The molecule has 5 heteroatoms. The molecule has 0 spiro atoms. The SMILES string of the molecule is COC(=O)C(C)(C)OOO. The van der Waals surface area contributed by atoms with Crippen LogP contribution in [0, 0.1) is 0 Å². The van der Waals surface area contributed by atoms with E-state index in [4.69, 9.17) is 5.26 Å². The van der Waals surface area contributed by atoms with Crippen LogP contribution in [0.3, 0.4) is 0 Å². The molecule has 0 aliphatic rings. The minimum atomic E-state index is -1.27. The molecule has 0 unspecified atom stereocenters. The molecule has 0 rings (SSSR count). The number of rotatable bonds is 3. The minimum Gasteiger partial charge on any atom is -0.467 e. The molecule has 0 saturated heterocycles. The molecule has 60 valence electrons. The van der Waals surface area contributed by atoms with Crippen molar-refractivity contribution in [2.45, 2.75) is 19.4 Å². The maximum Gasteiger partial charge on any atom is 0.341 e. The number of carbonyl (C=O) groups is 1. The van der Waals surface area contributed by atoms with Crippen LogP contribution in [0.2, 0.25) is 0 Å². The number of hydrogen-bond donors (Lipinski definition) is 1. The predicted octanol–water partition coefficient (Wildman–Crippen LogP) is 0.359. The Morgan fingerprint density at radius 1 is 1.50 bits per heavy atom. The van der Waals surface area contributed by atoms with Gasteiger partial charge in [-0.05, 0) is 13.8 Å². The van der Waals surface area contributed by atoms with Crippen molar-refractivity contribution in [2.75, 3.05) is 7.11 Å². The van der Waals surface area contributed by atoms with E-state index in [1.807, 2.05) is 0 Å². The zero-order chi connectivity index (χ0) is 8.20. The lowest BCUT2D eigenvalue weighted by atomic mass is 10.1. The fourth-order valence-corrected chi connectivity index (χ4v) is 0.373. The van der Waals surface area contributed by atoms with Gasteiger partial charge in [-0.15, -0.1) is 0 Å². The third kappa shape index (κ3) is 2.30. The van der Waals surface area contributed by atoms with Gasteiger partial charge in [-0.25, -0.2) is 10.1 Å². The predicted molar refractivity (Wildman–Crippen MR) is 30.9 cm³/mol. The monoisotopic (exact) mass is 150 g/mol. The van der Waals surface area contributed by atoms with Gasteiger partial charge in [0.05, 0.1) is 7.11 Å². The summed E-state index contributed by atoms with van der Waals surface area (Å²) in [6.45, 7) is 2.80. The van der Waals surface area contributed by atoms with Crippen LogP contribution in [0.15, 0.2) is 0 Å². The molecule has 0 aromatic carbocycles. The van der Waals surface area contributed by atoms with E-state index in [9.17, 15) is 4.79 Å². The molecule has 0 radical (unpaired) electrons. The molecule has 0 aliphatic carbocycles. The molecule has 0 atom stereocenters. The zero-order valence-electron chi connectivity index (χ0n) is 6.08. The second kappa shape index (κ2) is 3.50. The van der Waals surface area contributed by atoms with Crippen molar-refractivity contribution in [3.05, 3.63) is 0 Å². The highest BCUT2D eigenvalue weighted by Crippen LogP contribution is 2.10. The van der Waals surface area contributed by atoms with E-state index in [2.05, 4.69) is 14.7 Å². The van der Waals surface area contributed by atoms with Gasteiger partial charge >= 0.3 is 5.97 Å². The van der Waals surface area contributed by atoms with Gasteiger partial charge in [-0.2, -0.15) is 4.89 Å². The summed E-state index contributed by atoms with van der Waals surface area (Å²) in [4.78, 5) is 14.8. The van der Waals surface area contributed by atoms with Crippen molar-refractivity contribution in [3.63, 3.8) is 0 Å². The molecule has 5 nitrogen and oxygen atoms in total. The Bertz CT molecular complexity index is 119. The van der Waals surface area contributed by atoms with Crippen molar-refractivity contribution in [1.29, 1.82) is 0 Å². The second-order valence-corrected chi connectivity index (χ2v) is 2.16. The van der Waals surface area contributed by atoms with Crippen LogP contribution in [-0.4, -0.2) is 23.9 Å². The molecule has 0 bridgehead atoms. The van der Waals surface area contributed by atoms with Gasteiger partial charge in [-0.1, -0.05) is 5.04 Å². The van der Waals surface area contributed by atoms with Gasteiger partial charge in [0.1, 0.15) is 0 Å². The van der Waals surface area contributed by atoms with Crippen molar-refractivity contribution < 1.29 is 24.7 Å². The fourth-order valence-electron chi connectivity index (χ4n) is 0.373. The largest absolute Gasteiger partial charge is 0.467 e. The first kappa shape index (κ1) is 9.35. The lowest BCUT2D eigenvalue weighted by Gasteiger charge is -2.17. The standard InChI is InChI=1S/C5H10O5/c1-5(2,9-10-7)4(6)8-3/h7H,1-3H3. The minimum absolute atomic E-state index is 0.624. The molecular weight excluding hydrogens is 140 g/mol. The summed E-state index contributed by atoms with van der Waals surface area (Å²) in [6.07, 6.45) is 0. The lowest BCUT2D eigenvalue weighted by molar-refractivity contribution is -0.515. The quantitative estimate of drug-likeness (QED) is 0.357. The molecular formula is C5H10O5. The first-order valence-corrected chi connectivity index (χ1v) is 2.62. The lowest BCUT2D eigenvalue weighted by Crippen LogP contribution is -2.35. The number of hydrogen-bond acceptors (Lipinski definition) is 5. The molecule has 0 amide bonds. The molecule has 1 N–H and O–H groups in total. The van der Waals surface area contributed by atoms with Gasteiger partial charge in [0.25, 0.3) is 0 Å². The summed E-state index contributed by atoms with van der Waals surface area (Å²) in [7, 11) is 1.21. The third-order valence-electron chi connectivity index (χ3n) is 0.923. The van der Waals surface area contributed by atoms with Gasteiger partial charge in [0.15, 0.2) is 5.60 Å². The number of esters is 1. The molecule has 0 saturated carbocycles. The summed E-state index contributed by atoms with van der Waals surface area (Å²) in [5.74, 6) is -0.624. The molecule has 0 heterocycles. The topological polar surface area (TPSA) is 65.0 Å². The normalized spacial score (nSPS) is 11.2. The zero-order valence-corrected chi connectivity index (χ0v) is 6.08. The molecule has 0 aliphatic heterocycles. The van der Waals surface area contributed by atoms with Crippen LogP contribution < -0.4 is 0 Å². The average molecular weight is 150 g/mol. The van der Waals surface area contributed by atoms with E-state index in [1.165, 1.54) is 21.0 Å². The summed E-state index contributed by atoms with van der Waals surface area (Å²) < 4.78 is 4.31. The maximum atomic E-state index is 10.7. The summed E-state index contributed by atoms with van der Waals surface area (Å²) in [6, 6.07) is 0. The van der Waals surface area contributed by atoms with E-state index in [-0.39, 0.29) is 0 Å². The van der Waals surface area contributed by atoms with Gasteiger partial charge < -0.3 is 4.74 Å². The Morgan fingerprint density at radius 2 is 2.00 bits per heavy atom. The highest BCUT2D eigenvalue weighted by atomic mass is 17.5. The van der Waals surface area contributed by atoms with E-state index in [0.717, 1.165) is 0 Å². The van der Waals surface area contributed by atoms with Crippen molar-refractivity contribution >= 4 is 5.97 Å². The van der Waals surface area contributed by atoms with E-state index in [1.54, 1.807) is 0 Å². The van der Waals surface area contributed by atoms with E-state index >= 15 is 0 Å². The van der Waals surface area contributed by atoms with Crippen LogP contribution in [0.4, 0.5) is 0 Å². The second-order valence-electron chi connectivity index (χ2n) is 2.16. The summed E-state index contributed by atoms with van der Waals surface area (Å²) in [5, 5.41) is 11.1. The summed E-state index contributed by atoms with van der Waals surface area (Å²) >= 11 is 0. The molecule has 10 heavy (non-hydrogen) atoms. The number of ether oxygens (including phenoxy) is 1. The average Bonchev–Trinajstić information content (AvgIpc) is 1.86. The van der Waals surface area contributed by atoms with Crippen LogP contribution in [0.25, 0.3) is 0 Å². The highest BCUT2D eigenvalue weighted by molar-refractivity contribution is 5.78. The Balaban J connectivity index is 3.96. The van der Waals surface area contributed by atoms with E-state index in [0.29, 0.717) is 0 Å². The van der Waals surface area contributed by atoms with Gasteiger partial charge in [0, 0.05) is 0 Å². The van der Waals surface area contributed by atoms with Crippen LogP contribution >= 0.6 is 0 Å². The van der Waals surface area contributed by atoms with Gasteiger partial charge in [-0.3, -0.25) is 0 Å². The van der Waals surface area contributed by atoms with Crippen LogP contribution in [-0.2, 0) is 19.5 Å². The summed E-state index contributed by atoms with van der Waals surface area (Å²) in [5.41, 5.74) is -1.27.